The minimum Gasteiger partial charge on any atom is -0.378 e. The van der Waals surface area contributed by atoms with Gasteiger partial charge in [-0.25, -0.2) is 0 Å². The number of likely N-dealkylation sites (tertiary alicyclic amines) is 1. The van der Waals surface area contributed by atoms with Crippen LogP contribution in [0.15, 0.2) is 29.4 Å². The number of allylic oxidation sites excluding steroid dienone is 2. The van der Waals surface area contributed by atoms with Gasteiger partial charge in [0.15, 0.2) is 0 Å². The fraction of sp³-hybridized carbons (Fsp3) is 0.632. The Hall–Kier alpha value is -1.95. The van der Waals surface area contributed by atoms with Gasteiger partial charge in [-0.2, -0.15) is 4.99 Å². The molecule has 25 heavy (non-hydrogen) atoms. The van der Waals surface area contributed by atoms with Crippen molar-refractivity contribution in [2.75, 3.05) is 19.7 Å². The van der Waals surface area contributed by atoms with E-state index in [1.807, 2.05) is 35.1 Å². The van der Waals surface area contributed by atoms with E-state index in [1.165, 1.54) is 0 Å². The zero-order chi connectivity index (χ0) is 18.0. The molecule has 0 radical (unpaired) electrons. The number of amides is 2. The molecule has 1 atom stereocenters. The number of hydrogen-bond donors (Lipinski definition) is 0. The number of piperidine rings is 1. The lowest BCUT2D eigenvalue weighted by molar-refractivity contribution is -0.146. The predicted molar refractivity (Wildman–Crippen MR) is 96.0 cm³/mol. The van der Waals surface area contributed by atoms with E-state index < -0.39 is 5.54 Å². The fourth-order valence-electron chi connectivity index (χ4n) is 3.56. The van der Waals surface area contributed by atoms with Crippen molar-refractivity contribution in [2.45, 2.75) is 51.7 Å². The molecule has 0 aromatic rings. The molecular formula is C19H27N3O3. The van der Waals surface area contributed by atoms with Gasteiger partial charge in [-0.15, -0.1) is 0 Å². The number of carbonyl (C=O) groups excluding carboxylic acids is 2. The topological polar surface area (TPSA) is 62.2 Å². The molecule has 3 heterocycles. The molecule has 0 bridgehead atoms. The van der Waals surface area contributed by atoms with E-state index in [9.17, 15) is 9.59 Å². The number of rotatable bonds is 4. The molecule has 1 fully saturated rings. The van der Waals surface area contributed by atoms with Gasteiger partial charge >= 0.3 is 0 Å². The summed E-state index contributed by atoms with van der Waals surface area (Å²) >= 11 is 0. The molecule has 6 heteroatoms. The maximum atomic E-state index is 13.2. The zero-order valence-corrected chi connectivity index (χ0v) is 15.3. The normalized spacial score (nSPS) is 26.9. The number of hydrogen-bond acceptors (Lipinski definition) is 4. The first kappa shape index (κ1) is 17.9. The van der Waals surface area contributed by atoms with Crippen molar-refractivity contribution in [3.05, 3.63) is 24.4 Å². The molecule has 6 nitrogen and oxygen atoms in total. The Morgan fingerprint density at radius 1 is 1.36 bits per heavy atom. The van der Waals surface area contributed by atoms with Crippen LogP contribution in [0.4, 0.5) is 0 Å². The predicted octanol–water partition coefficient (Wildman–Crippen LogP) is 2.12. The Morgan fingerprint density at radius 2 is 2.08 bits per heavy atom. The molecule has 0 aliphatic carbocycles. The third-order valence-corrected chi connectivity index (χ3v) is 4.96. The first-order chi connectivity index (χ1) is 11.9. The van der Waals surface area contributed by atoms with Crippen LogP contribution < -0.4 is 0 Å². The Balaban J connectivity index is 1.67. The van der Waals surface area contributed by atoms with Crippen LogP contribution in [0.1, 0.15) is 40.0 Å². The highest BCUT2D eigenvalue weighted by atomic mass is 16.5. The molecule has 0 aromatic carbocycles. The van der Waals surface area contributed by atoms with Gasteiger partial charge in [0.05, 0.1) is 12.5 Å². The van der Waals surface area contributed by atoms with Crippen molar-refractivity contribution in [1.29, 1.82) is 0 Å². The molecule has 3 aliphatic rings. The van der Waals surface area contributed by atoms with Gasteiger partial charge in [0.2, 0.25) is 5.91 Å². The average molecular weight is 345 g/mol. The third kappa shape index (κ3) is 3.68. The summed E-state index contributed by atoms with van der Waals surface area (Å²) in [5.74, 6) is 0.820. The maximum Gasteiger partial charge on any atom is 0.250 e. The zero-order valence-electron chi connectivity index (χ0n) is 15.3. The number of amidine groups is 1. The largest absolute Gasteiger partial charge is 0.378 e. The van der Waals surface area contributed by atoms with Gasteiger partial charge in [0, 0.05) is 25.9 Å². The smallest absolute Gasteiger partial charge is 0.250 e. The lowest BCUT2D eigenvalue weighted by Gasteiger charge is -2.45. The highest BCUT2D eigenvalue weighted by Gasteiger charge is 2.47. The maximum absolute atomic E-state index is 13.2. The molecule has 1 unspecified atom stereocenters. The summed E-state index contributed by atoms with van der Waals surface area (Å²) < 4.78 is 5.90. The van der Waals surface area contributed by atoms with E-state index in [0.717, 1.165) is 19.4 Å². The average Bonchev–Trinajstić information content (AvgIpc) is 2.59. The minimum absolute atomic E-state index is 0.00416. The van der Waals surface area contributed by atoms with Crippen molar-refractivity contribution in [1.82, 2.24) is 9.80 Å². The SMILES string of the molecule is CC(C)COC1CCN(C(=O)C2(C)CC(=O)N=C3C=CC=CN32)CC1. The van der Waals surface area contributed by atoms with Crippen LogP contribution >= 0.6 is 0 Å². The Labute approximate surface area is 149 Å². The van der Waals surface area contributed by atoms with Crippen molar-refractivity contribution >= 4 is 17.6 Å². The minimum atomic E-state index is -0.902. The number of aliphatic imine (C=N–C) groups is 1. The Morgan fingerprint density at radius 3 is 2.76 bits per heavy atom. The molecule has 2 amide bonds. The lowest BCUT2D eigenvalue weighted by Crippen LogP contribution is -2.61. The van der Waals surface area contributed by atoms with Crippen molar-refractivity contribution < 1.29 is 14.3 Å². The molecule has 1 saturated heterocycles. The molecule has 136 valence electrons. The van der Waals surface area contributed by atoms with Gasteiger partial charge < -0.3 is 14.5 Å². The van der Waals surface area contributed by atoms with E-state index in [1.54, 1.807) is 6.08 Å². The highest BCUT2D eigenvalue weighted by molar-refractivity contribution is 6.09. The lowest BCUT2D eigenvalue weighted by atomic mass is 9.89. The van der Waals surface area contributed by atoms with E-state index in [-0.39, 0.29) is 24.3 Å². The van der Waals surface area contributed by atoms with E-state index in [2.05, 4.69) is 18.8 Å². The summed E-state index contributed by atoms with van der Waals surface area (Å²) in [6.07, 6.45) is 9.33. The van der Waals surface area contributed by atoms with Gasteiger partial charge in [0.25, 0.3) is 5.91 Å². The summed E-state index contributed by atoms with van der Waals surface area (Å²) in [5.41, 5.74) is -0.902. The molecule has 0 aromatic heterocycles. The molecular weight excluding hydrogens is 318 g/mol. The second kappa shape index (κ2) is 7.12. The number of ether oxygens (including phenoxy) is 1. The summed E-state index contributed by atoms with van der Waals surface area (Å²) in [5, 5.41) is 0. The Bertz CT molecular complexity index is 630. The first-order valence-electron chi connectivity index (χ1n) is 9.07. The van der Waals surface area contributed by atoms with Gasteiger partial charge in [-0.3, -0.25) is 9.59 Å². The van der Waals surface area contributed by atoms with E-state index >= 15 is 0 Å². The van der Waals surface area contributed by atoms with Gasteiger partial charge in [0.1, 0.15) is 11.4 Å². The molecule has 3 rings (SSSR count). The van der Waals surface area contributed by atoms with Crippen LogP contribution in [0, 0.1) is 5.92 Å². The second-order valence-electron chi connectivity index (χ2n) is 7.60. The van der Waals surface area contributed by atoms with Crippen LogP contribution in [-0.4, -0.2) is 58.8 Å². The molecule has 0 saturated carbocycles. The molecule has 0 spiro atoms. The quantitative estimate of drug-likeness (QED) is 0.783. The molecule has 3 aliphatic heterocycles. The van der Waals surface area contributed by atoms with Crippen LogP contribution in [0.3, 0.4) is 0 Å². The molecule has 0 N–H and O–H groups in total. The first-order valence-corrected chi connectivity index (χ1v) is 9.07. The number of fused-ring (bicyclic) bond motifs is 1. The summed E-state index contributed by atoms with van der Waals surface area (Å²) in [6.45, 7) is 8.22. The van der Waals surface area contributed by atoms with Crippen LogP contribution in [0.2, 0.25) is 0 Å². The van der Waals surface area contributed by atoms with Crippen molar-refractivity contribution in [2.24, 2.45) is 10.9 Å². The fourth-order valence-corrected chi connectivity index (χ4v) is 3.56. The number of carbonyl (C=O) groups is 2. The van der Waals surface area contributed by atoms with Crippen LogP contribution in [-0.2, 0) is 14.3 Å². The monoisotopic (exact) mass is 345 g/mol. The van der Waals surface area contributed by atoms with E-state index in [4.69, 9.17) is 4.74 Å². The number of nitrogens with zero attached hydrogens (tertiary/aromatic N) is 3. The Kier molecular flexibility index (Phi) is 5.08. The summed E-state index contributed by atoms with van der Waals surface area (Å²) in [7, 11) is 0. The standard InChI is InChI=1S/C19H27N3O3/c1-14(2)13-25-15-7-10-21(11-8-15)18(24)19(3)12-17(23)20-16-6-4-5-9-22(16)19/h4-6,9,14-15H,7-8,10-13H2,1-3H3. The second-order valence-corrected chi connectivity index (χ2v) is 7.60. The van der Waals surface area contributed by atoms with Gasteiger partial charge in [-0.05, 0) is 37.8 Å². The van der Waals surface area contributed by atoms with Crippen molar-refractivity contribution in [3.8, 4) is 0 Å². The highest BCUT2D eigenvalue weighted by Crippen LogP contribution is 2.31. The third-order valence-electron chi connectivity index (χ3n) is 4.96. The summed E-state index contributed by atoms with van der Waals surface area (Å²) in [4.78, 5) is 33.0. The van der Waals surface area contributed by atoms with Crippen LogP contribution in [0.5, 0.6) is 0 Å². The van der Waals surface area contributed by atoms with E-state index in [0.29, 0.717) is 24.8 Å². The summed E-state index contributed by atoms with van der Waals surface area (Å²) in [6, 6.07) is 0. The van der Waals surface area contributed by atoms with Gasteiger partial charge in [-0.1, -0.05) is 19.9 Å². The van der Waals surface area contributed by atoms with Crippen molar-refractivity contribution in [3.63, 3.8) is 0 Å². The van der Waals surface area contributed by atoms with Crippen LogP contribution in [0.25, 0.3) is 0 Å².